The first-order chi connectivity index (χ1) is 13.1. The van der Waals surface area contributed by atoms with Crippen molar-refractivity contribution in [2.45, 2.75) is 53.0 Å². The second-order valence-corrected chi connectivity index (χ2v) is 9.23. The molecule has 0 saturated carbocycles. The number of rotatable bonds is 8. The highest BCUT2D eigenvalue weighted by Crippen LogP contribution is 2.24. The maximum Gasteiger partial charge on any atom is 0.247 e. The van der Waals surface area contributed by atoms with E-state index in [0.29, 0.717) is 11.4 Å². The summed E-state index contributed by atoms with van der Waals surface area (Å²) in [6.45, 7) is 7.56. The lowest BCUT2D eigenvalue weighted by Crippen LogP contribution is -2.45. The summed E-state index contributed by atoms with van der Waals surface area (Å²) in [6.07, 6.45) is 4.39. The summed E-state index contributed by atoms with van der Waals surface area (Å²) in [5.74, 6) is -0.370. The first kappa shape index (κ1) is 22.0. The number of amides is 1. The number of carbonyl (C=O) groups excluding carboxylic acids is 1. The van der Waals surface area contributed by atoms with Gasteiger partial charge < -0.3 is 5.32 Å². The van der Waals surface area contributed by atoms with Crippen LogP contribution < -0.4 is 9.62 Å². The molecule has 5 nitrogen and oxygen atoms in total. The molecular formula is C22H30N2O3S. The molecule has 1 atom stereocenters. The van der Waals surface area contributed by atoms with E-state index in [1.54, 1.807) is 19.1 Å². The van der Waals surface area contributed by atoms with Crippen LogP contribution in [0, 0.1) is 13.8 Å². The Morgan fingerprint density at radius 2 is 1.64 bits per heavy atom. The number of sulfonamides is 1. The van der Waals surface area contributed by atoms with E-state index >= 15 is 0 Å². The summed E-state index contributed by atoms with van der Waals surface area (Å²) >= 11 is 0. The van der Waals surface area contributed by atoms with Crippen LogP contribution in [0.25, 0.3) is 0 Å². The number of unbranched alkanes of at least 4 members (excludes halogenated alkanes) is 1. The summed E-state index contributed by atoms with van der Waals surface area (Å²) in [5, 5.41) is 2.83. The Kier molecular flexibility index (Phi) is 7.24. The fraction of sp³-hybridized carbons (Fsp3) is 0.409. The number of carbonyl (C=O) groups is 1. The Labute approximate surface area is 168 Å². The third-order valence-corrected chi connectivity index (χ3v) is 5.83. The van der Waals surface area contributed by atoms with Crippen LogP contribution in [0.3, 0.4) is 0 Å². The Morgan fingerprint density at radius 1 is 1.07 bits per heavy atom. The van der Waals surface area contributed by atoms with Crippen molar-refractivity contribution in [3.8, 4) is 0 Å². The average molecular weight is 403 g/mol. The Balaban J connectivity index is 2.22. The quantitative estimate of drug-likeness (QED) is 0.710. The minimum Gasteiger partial charge on any atom is -0.324 e. The topological polar surface area (TPSA) is 66.5 Å². The number of hydrogen-bond donors (Lipinski definition) is 1. The summed E-state index contributed by atoms with van der Waals surface area (Å²) < 4.78 is 26.1. The largest absolute Gasteiger partial charge is 0.324 e. The van der Waals surface area contributed by atoms with Crippen molar-refractivity contribution in [3.05, 3.63) is 59.2 Å². The van der Waals surface area contributed by atoms with Crippen molar-refractivity contribution in [1.82, 2.24) is 0 Å². The van der Waals surface area contributed by atoms with Gasteiger partial charge in [-0.05, 0) is 74.6 Å². The molecule has 1 N–H and O–H groups in total. The molecule has 6 heteroatoms. The van der Waals surface area contributed by atoms with E-state index in [1.165, 1.54) is 9.87 Å². The monoisotopic (exact) mass is 402 g/mol. The average Bonchev–Trinajstić information content (AvgIpc) is 2.59. The van der Waals surface area contributed by atoms with Gasteiger partial charge in [0.25, 0.3) is 0 Å². The molecule has 28 heavy (non-hydrogen) atoms. The van der Waals surface area contributed by atoms with Crippen molar-refractivity contribution in [2.24, 2.45) is 0 Å². The van der Waals surface area contributed by atoms with E-state index in [1.807, 2.05) is 44.2 Å². The molecule has 0 aliphatic carbocycles. The van der Waals surface area contributed by atoms with Gasteiger partial charge in [0.1, 0.15) is 6.04 Å². The third kappa shape index (κ3) is 5.83. The van der Waals surface area contributed by atoms with Gasteiger partial charge in [0.15, 0.2) is 0 Å². The molecular weight excluding hydrogens is 372 g/mol. The van der Waals surface area contributed by atoms with Gasteiger partial charge >= 0.3 is 0 Å². The first-order valence-electron chi connectivity index (χ1n) is 9.59. The standard InChI is InChI=1S/C22H30N2O3S/c1-6-7-8-19-9-11-20(12-10-19)23-22(25)18(4)24(28(5,26)27)21-14-16(2)13-17(3)15-21/h9-15,18H,6-8H2,1-5H3,(H,23,25)/t18-/m0/s1. The van der Waals surface area contributed by atoms with Gasteiger partial charge in [-0.15, -0.1) is 0 Å². The Morgan fingerprint density at radius 3 is 2.14 bits per heavy atom. The molecule has 0 unspecified atom stereocenters. The molecule has 1 amide bonds. The number of nitrogens with zero attached hydrogens (tertiary/aromatic N) is 1. The normalized spacial score (nSPS) is 12.5. The van der Waals surface area contributed by atoms with Gasteiger partial charge in [-0.25, -0.2) is 8.42 Å². The molecule has 0 fully saturated rings. The van der Waals surface area contributed by atoms with Crippen LogP contribution in [0.4, 0.5) is 11.4 Å². The molecule has 2 aromatic carbocycles. The van der Waals surface area contributed by atoms with Crippen LogP contribution in [-0.4, -0.2) is 26.6 Å². The highest BCUT2D eigenvalue weighted by molar-refractivity contribution is 7.92. The van der Waals surface area contributed by atoms with Crippen LogP contribution in [0.15, 0.2) is 42.5 Å². The van der Waals surface area contributed by atoms with Crippen LogP contribution >= 0.6 is 0 Å². The van der Waals surface area contributed by atoms with Crippen molar-refractivity contribution < 1.29 is 13.2 Å². The molecule has 0 heterocycles. The lowest BCUT2D eigenvalue weighted by atomic mass is 10.1. The van der Waals surface area contributed by atoms with E-state index < -0.39 is 16.1 Å². The number of benzene rings is 2. The zero-order chi connectivity index (χ0) is 20.9. The number of aryl methyl sites for hydroxylation is 3. The van der Waals surface area contributed by atoms with E-state index in [0.717, 1.165) is 36.6 Å². The first-order valence-corrected chi connectivity index (χ1v) is 11.4. The zero-order valence-electron chi connectivity index (χ0n) is 17.3. The Bertz CT molecular complexity index is 901. The smallest absolute Gasteiger partial charge is 0.247 e. The van der Waals surface area contributed by atoms with Crippen LogP contribution in [0.1, 0.15) is 43.4 Å². The minimum atomic E-state index is -3.63. The van der Waals surface area contributed by atoms with E-state index in [-0.39, 0.29) is 5.91 Å². The third-order valence-electron chi connectivity index (χ3n) is 4.59. The highest BCUT2D eigenvalue weighted by atomic mass is 32.2. The molecule has 0 bridgehead atoms. The summed E-state index contributed by atoms with van der Waals surface area (Å²) in [5.41, 5.74) is 4.27. The van der Waals surface area contributed by atoms with Crippen molar-refractivity contribution in [3.63, 3.8) is 0 Å². The maximum atomic E-state index is 12.8. The molecule has 0 saturated heterocycles. The highest BCUT2D eigenvalue weighted by Gasteiger charge is 2.29. The van der Waals surface area contributed by atoms with Crippen LogP contribution in [-0.2, 0) is 21.2 Å². The summed E-state index contributed by atoms with van der Waals surface area (Å²) in [4.78, 5) is 12.8. The van der Waals surface area contributed by atoms with Crippen molar-refractivity contribution >= 4 is 27.3 Å². The summed E-state index contributed by atoms with van der Waals surface area (Å²) in [7, 11) is -3.63. The molecule has 152 valence electrons. The lowest BCUT2D eigenvalue weighted by Gasteiger charge is -2.28. The van der Waals surface area contributed by atoms with Crippen LogP contribution in [0.2, 0.25) is 0 Å². The van der Waals surface area contributed by atoms with Gasteiger partial charge in [0, 0.05) is 5.69 Å². The van der Waals surface area contributed by atoms with Gasteiger partial charge in [-0.2, -0.15) is 0 Å². The predicted octanol–water partition coefficient (Wildman–Crippen LogP) is 4.44. The molecule has 0 radical (unpaired) electrons. The van der Waals surface area contributed by atoms with E-state index in [4.69, 9.17) is 0 Å². The Hall–Kier alpha value is -2.34. The lowest BCUT2D eigenvalue weighted by molar-refractivity contribution is -0.116. The molecule has 2 aromatic rings. The summed E-state index contributed by atoms with van der Waals surface area (Å²) in [6, 6.07) is 12.3. The number of nitrogens with one attached hydrogen (secondary N) is 1. The minimum absolute atomic E-state index is 0.370. The maximum absolute atomic E-state index is 12.8. The van der Waals surface area contributed by atoms with Gasteiger partial charge in [-0.1, -0.05) is 31.5 Å². The number of hydrogen-bond acceptors (Lipinski definition) is 3. The van der Waals surface area contributed by atoms with Gasteiger partial charge in [0.2, 0.25) is 15.9 Å². The van der Waals surface area contributed by atoms with Gasteiger partial charge in [0.05, 0.1) is 11.9 Å². The second-order valence-electron chi connectivity index (χ2n) is 7.37. The molecule has 0 spiro atoms. The van der Waals surface area contributed by atoms with E-state index in [9.17, 15) is 13.2 Å². The second kappa shape index (κ2) is 9.24. The number of anilines is 2. The van der Waals surface area contributed by atoms with Crippen LogP contribution in [0.5, 0.6) is 0 Å². The molecule has 2 rings (SSSR count). The van der Waals surface area contributed by atoms with Gasteiger partial charge in [-0.3, -0.25) is 9.10 Å². The molecule has 0 aromatic heterocycles. The molecule has 0 aliphatic rings. The SMILES string of the molecule is CCCCc1ccc(NC(=O)[C@H](C)N(c2cc(C)cc(C)c2)S(C)(=O)=O)cc1. The fourth-order valence-electron chi connectivity index (χ4n) is 3.27. The van der Waals surface area contributed by atoms with Crippen molar-refractivity contribution in [2.75, 3.05) is 15.9 Å². The predicted molar refractivity (Wildman–Crippen MR) is 116 cm³/mol. The fourth-order valence-corrected chi connectivity index (χ4v) is 4.43. The molecule has 0 aliphatic heterocycles. The zero-order valence-corrected chi connectivity index (χ0v) is 18.1. The van der Waals surface area contributed by atoms with Crippen molar-refractivity contribution in [1.29, 1.82) is 0 Å². The van der Waals surface area contributed by atoms with E-state index in [2.05, 4.69) is 12.2 Å².